The minimum absolute atomic E-state index is 0.0292. The van der Waals surface area contributed by atoms with E-state index < -0.39 is 26.5 Å². The minimum atomic E-state index is -4.63. The summed E-state index contributed by atoms with van der Waals surface area (Å²) in [4.78, 5) is 37.9. The molecule has 426 valence electrons. The van der Waals surface area contributed by atoms with Gasteiger partial charge in [-0.05, 0) is 44.9 Å². The standard InChI is InChI=1S/C62H120NO8P/c1-6-8-10-12-14-16-18-20-22-24-26-28-29-30-31-32-33-35-36-38-40-42-44-46-48-50-52-54-61(64)68-58-60(59-70-72(66,67)69-57-56-63(3,4)5)71-62(65)55-53-51-49-47-45-43-41-39-37-34-27-25-23-21-19-17-15-13-11-9-7-2/h19,21,25,27,60H,6-18,20,22-24,26,28-59H2,1-5H3/b21-19-,27-25-. The number of phosphoric acid groups is 1. The van der Waals surface area contributed by atoms with Gasteiger partial charge in [0.15, 0.2) is 6.10 Å². The number of phosphoric ester groups is 1. The van der Waals surface area contributed by atoms with Gasteiger partial charge in [-0.3, -0.25) is 14.2 Å². The molecule has 0 N–H and O–H groups in total. The maximum Gasteiger partial charge on any atom is 0.306 e. The van der Waals surface area contributed by atoms with Crippen molar-refractivity contribution in [1.29, 1.82) is 0 Å². The van der Waals surface area contributed by atoms with E-state index in [-0.39, 0.29) is 32.0 Å². The minimum Gasteiger partial charge on any atom is -0.756 e. The highest BCUT2D eigenvalue weighted by molar-refractivity contribution is 7.45. The number of hydrogen-bond donors (Lipinski definition) is 0. The number of quaternary nitrogens is 1. The van der Waals surface area contributed by atoms with Gasteiger partial charge in [0.1, 0.15) is 19.8 Å². The molecule has 10 heteroatoms. The lowest BCUT2D eigenvalue weighted by molar-refractivity contribution is -0.870. The van der Waals surface area contributed by atoms with Crippen molar-refractivity contribution in [2.45, 2.75) is 315 Å². The predicted molar refractivity (Wildman–Crippen MR) is 305 cm³/mol. The highest BCUT2D eigenvalue weighted by Gasteiger charge is 2.22. The van der Waals surface area contributed by atoms with E-state index in [4.69, 9.17) is 18.5 Å². The van der Waals surface area contributed by atoms with Gasteiger partial charge in [-0.15, -0.1) is 0 Å². The van der Waals surface area contributed by atoms with E-state index in [1.807, 2.05) is 21.1 Å². The van der Waals surface area contributed by atoms with Crippen LogP contribution in [0.4, 0.5) is 0 Å². The summed E-state index contributed by atoms with van der Waals surface area (Å²) in [6, 6.07) is 0. The maximum atomic E-state index is 12.8. The molecule has 0 aromatic carbocycles. The zero-order chi connectivity index (χ0) is 52.7. The SMILES string of the molecule is CCCCCCC/C=C\C/C=C\CCCCCCCCCCCC(=O)OC(COC(=O)CCCCCCCCCCCCCCCCCCCCCCCCCCCCC)COP(=O)([O-])OCC[N+](C)(C)C. The van der Waals surface area contributed by atoms with E-state index in [0.717, 1.165) is 51.4 Å². The lowest BCUT2D eigenvalue weighted by Gasteiger charge is -2.28. The van der Waals surface area contributed by atoms with E-state index in [2.05, 4.69) is 38.2 Å². The number of esters is 2. The second-order valence-corrected chi connectivity index (χ2v) is 23.8. The first kappa shape index (κ1) is 70.5. The summed E-state index contributed by atoms with van der Waals surface area (Å²) in [7, 11) is 1.18. The van der Waals surface area contributed by atoms with Crippen LogP contribution in [0.15, 0.2) is 24.3 Å². The number of allylic oxidation sites excluding steroid dienone is 4. The molecule has 0 saturated heterocycles. The fourth-order valence-electron chi connectivity index (χ4n) is 9.16. The van der Waals surface area contributed by atoms with Gasteiger partial charge in [-0.25, -0.2) is 0 Å². The molecule has 72 heavy (non-hydrogen) atoms. The molecule has 0 spiro atoms. The van der Waals surface area contributed by atoms with Crippen molar-refractivity contribution in [3.05, 3.63) is 24.3 Å². The number of unbranched alkanes of at least 4 members (excludes halogenated alkanes) is 40. The van der Waals surface area contributed by atoms with Crippen molar-refractivity contribution < 1.29 is 42.1 Å². The van der Waals surface area contributed by atoms with Crippen LogP contribution in [0.3, 0.4) is 0 Å². The predicted octanol–water partition coefficient (Wildman–Crippen LogP) is 18.7. The summed E-state index contributed by atoms with van der Waals surface area (Å²) in [6.07, 6.45) is 65.2. The molecule has 0 saturated carbocycles. The molecule has 0 aliphatic heterocycles. The number of carbonyl (C=O) groups excluding carboxylic acids is 2. The summed E-state index contributed by atoms with van der Waals surface area (Å²) in [5, 5.41) is 0. The van der Waals surface area contributed by atoms with Crippen LogP contribution < -0.4 is 4.89 Å². The number of carbonyl (C=O) groups is 2. The molecule has 0 aliphatic carbocycles. The van der Waals surface area contributed by atoms with Crippen LogP contribution in [0.25, 0.3) is 0 Å². The molecule has 0 aromatic rings. The zero-order valence-corrected chi connectivity index (χ0v) is 49.3. The number of nitrogens with zero attached hydrogens (tertiary/aromatic N) is 1. The molecule has 9 nitrogen and oxygen atoms in total. The Kier molecular flexibility index (Phi) is 53.1. The van der Waals surface area contributed by atoms with Crippen LogP contribution in [0.2, 0.25) is 0 Å². The Labute approximate surface area is 447 Å². The van der Waals surface area contributed by atoms with Crippen molar-refractivity contribution in [2.75, 3.05) is 47.5 Å². The second kappa shape index (κ2) is 54.3. The average molecular weight is 1040 g/mol. The molecule has 0 aliphatic rings. The first-order chi connectivity index (χ1) is 35.0. The Morgan fingerprint density at radius 2 is 0.750 bits per heavy atom. The Bertz CT molecular complexity index is 1270. The molecule has 0 heterocycles. The summed E-state index contributed by atoms with van der Waals surface area (Å²) < 4.78 is 34.2. The Balaban J connectivity index is 4.07. The summed E-state index contributed by atoms with van der Waals surface area (Å²) in [5.41, 5.74) is 0. The zero-order valence-electron chi connectivity index (χ0n) is 48.4. The van der Waals surface area contributed by atoms with E-state index in [0.29, 0.717) is 17.4 Å². The normalized spacial score (nSPS) is 13.4. The Hall–Kier alpha value is -1.51. The van der Waals surface area contributed by atoms with Gasteiger partial charge in [-0.2, -0.15) is 0 Å². The van der Waals surface area contributed by atoms with Gasteiger partial charge in [0.2, 0.25) is 0 Å². The molecule has 2 atom stereocenters. The molecule has 2 unspecified atom stereocenters. The van der Waals surface area contributed by atoms with Gasteiger partial charge >= 0.3 is 11.9 Å². The monoisotopic (exact) mass is 1040 g/mol. The lowest BCUT2D eigenvalue weighted by Crippen LogP contribution is -2.37. The van der Waals surface area contributed by atoms with Crippen molar-refractivity contribution in [1.82, 2.24) is 0 Å². The fourth-order valence-corrected chi connectivity index (χ4v) is 9.89. The van der Waals surface area contributed by atoms with Crippen molar-refractivity contribution in [3.8, 4) is 0 Å². The molecular formula is C62H120NO8P. The number of likely N-dealkylation sites (N-methyl/N-ethyl adjacent to an activating group) is 1. The molecule has 0 fully saturated rings. The highest BCUT2D eigenvalue weighted by Crippen LogP contribution is 2.38. The van der Waals surface area contributed by atoms with E-state index in [1.165, 1.54) is 225 Å². The van der Waals surface area contributed by atoms with Crippen LogP contribution in [0.1, 0.15) is 309 Å². The van der Waals surface area contributed by atoms with Crippen LogP contribution in [-0.4, -0.2) is 70.0 Å². The first-order valence-corrected chi connectivity index (χ1v) is 32.5. The largest absolute Gasteiger partial charge is 0.756 e. The molecule has 0 rings (SSSR count). The molecule has 0 radical (unpaired) electrons. The summed E-state index contributed by atoms with van der Waals surface area (Å²) >= 11 is 0. The quantitative estimate of drug-likeness (QED) is 0.0195. The third-order valence-corrected chi connectivity index (χ3v) is 14.9. The van der Waals surface area contributed by atoms with Gasteiger partial charge in [0.05, 0.1) is 27.7 Å². The lowest BCUT2D eigenvalue weighted by atomic mass is 10.0. The van der Waals surface area contributed by atoms with Gasteiger partial charge in [0.25, 0.3) is 7.82 Å². The second-order valence-electron chi connectivity index (χ2n) is 22.4. The Morgan fingerprint density at radius 3 is 1.10 bits per heavy atom. The van der Waals surface area contributed by atoms with Gasteiger partial charge < -0.3 is 27.9 Å². The van der Waals surface area contributed by atoms with E-state index in [9.17, 15) is 19.0 Å². The topological polar surface area (TPSA) is 111 Å². The smallest absolute Gasteiger partial charge is 0.306 e. The first-order valence-electron chi connectivity index (χ1n) is 31.0. The number of rotatable bonds is 58. The molecule has 0 amide bonds. The Morgan fingerprint density at radius 1 is 0.431 bits per heavy atom. The van der Waals surface area contributed by atoms with Crippen molar-refractivity contribution >= 4 is 19.8 Å². The molecule has 0 bridgehead atoms. The number of ether oxygens (including phenoxy) is 2. The third-order valence-electron chi connectivity index (χ3n) is 14.0. The third kappa shape index (κ3) is 57.8. The highest BCUT2D eigenvalue weighted by atomic mass is 31.2. The van der Waals surface area contributed by atoms with Crippen LogP contribution in [0, 0.1) is 0 Å². The van der Waals surface area contributed by atoms with Crippen LogP contribution >= 0.6 is 7.82 Å². The maximum absolute atomic E-state index is 12.8. The number of hydrogen-bond acceptors (Lipinski definition) is 8. The summed E-state index contributed by atoms with van der Waals surface area (Å²) in [6.45, 7) is 4.28. The average Bonchev–Trinajstić information content (AvgIpc) is 3.34. The van der Waals surface area contributed by atoms with Gasteiger partial charge in [0, 0.05) is 12.8 Å². The summed E-state index contributed by atoms with van der Waals surface area (Å²) in [5.74, 6) is -0.821. The van der Waals surface area contributed by atoms with Gasteiger partial charge in [-0.1, -0.05) is 276 Å². The van der Waals surface area contributed by atoms with Crippen LogP contribution in [0.5, 0.6) is 0 Å². The van der Waals surface area contributed by atoms with E-state index in [1.54, 1.807) is 0 Å². The molecular weight excluding hydrogens is 918 g/mol. The van der Waals surface area contributed by atoms with Crippen molar-refractivity contribution in [3.63, 3.8) is 0 Å². The fraction of sp³-hybridized carbons (Fsp3) is 0.903. The van der Waals surface area contributed by atoms with E-state index >= 15 is 0 Å². The van der Waals surface area contributed by atoms with Crippen LogP contribution in [-0.2, 0) is 32.7 Å². The molecule has 0 aromatic heterocycles. The van der Waals surface area contributed by atoms with Crippen molar-refractivity contribution in [2.24, 2.45) is 0 Å².